The van der Waals surface area contributed by atoms with Gasteiger partial charge in [-0.15, -0.1) is 0 Å². The number of pyridine rings is 1. The van der Waals surface area contributed by atoms with Gasteiger partial charge in [-0.2, -0.15) is 0 Å². The van der Waals surface area contributed by atoms with Crippen LogP contribution in [0.1, 0.15) is 22.3 Å². The summed E-state index contributed by atoms with van der Waals surface area (Å²) in [5, 5.41) is 3.42. The number of rotatable bonds is 6. The fourth-order valence-corrected chi connectivity index (χ4v) is 11.3. The highest BCUT2D eigenvalue weighted by atomic mass is 15.0. The van der Waals surface area contributed by atoms with Crippen molar-refractivity contribution in [2.75, 3.05) is 0 Å². The van der Waals surface area contributed by atoms with E-state index in [1.807, 2.05) is 36.4 Å². The van der Waals surface area contributed by atoms with E-state index in [0.717, 1.165) is 55.4 Å². The molecule has 320 valence electrons. The van der Waals surface area contributed by atoms with Gasteiger partial charge in [-0.1, -0.05) is 218 Å². The van der Waals surface area contributed by atoms with Crippen LogP contribution in [-0.2, 0) is 5.41 Å². The summed E-state index contributed by atoms with van der Waals surface area (Å²) in [6.45, 7) is 0. The van der Waals surface area contributed by atoms with E-state index in [-0.39, 0.29) is 0 Å². The zero-order valence-electron chi connectivity index (χ0n) is 37.4. The summed E-state index contributed by atoms with van der Waals surface area (Å²) in [5.74, 6) is 1.87. The van der Waals surface area contributed by atoms with Crippen LogP contribution in [0, 0.1) is 0 Å². The van der Waals surface area contributed by atoms with Crippen LogP contribution in [0.5, 0.6) is 0 Å². The van der Waals surface area contributed by atoms with Crippen LogP contribution in [0.15, 0.2) is 243 Å². The Kier molecular flexibility index (Phi) is 8.77. The van der Waals surface area contributed by atoms with Gasteiger partial charge in [-0.3, -0.25) is 0 Å². The van der Waals surface area contributed by atoms with Gasteiger partial charge in [-0.25, -0.2) is 19.9 Å². The molecular weight excluding hydrogens is 837 g/mol. The first-order valence-electron chi connectivity index (χ1n) is 23.5. The molecule has 2 aliphatic rings. The lowest BCUT2D eigenvalue weighted by molar-refractivity contribution is 0.794. The van der Waals surface area contributed by atoms with E-state index >= 15 is 0 Å². The van der Waals surface area contributed by atoms with E-state index in [1.165, 1.54) is 61.0 Å². The summed E-state index contributed by atoms with van der Waals surface area (Å²) in [5.41, 5.74) is 19.9. The maximum absolute atomic E-state index is 5.73. The van der Waals surface area contributed by atoms with E-state index in [1.54, 1.807) is 0 Å². The summed E-state index contributed by atoms with van der Waals surface area (Å²) in [7, 11) is 0. The average Bonchev–Trinajstić information content (AvgIpc) is 3.89. The van der Waals surface area contributed by atoms with Crippen LogP contribution in [0.25, 0.3) is 112 Å². The Hall–Kier alpha value is -9.12. The van der Waals surface area contributed by atoms with Crippen LogP contribution >= 0.6 is 0 Å². The van der Waals surface area contributed by atoms with Gasteiger partial charge in [0.05, 0.1) is 16.6 Å². The molecule has 0 radical (unpaired) electrons. The van der Waals surface area contributed by atoms with Crippen LogP contribution < -0.4 is 0 Å². The Bertz CT molecular complexity index is 3910. The van der Waals surface area contributed by atoms with E-state index < -0.39 is 5.41 Å². The number of hydrogen-bond donors (Lipinski definition) is 0. The van der Waals surface area contributed by atoms with Crippen molar-refractivity contribution >= 4 is 21.7 Å². The minimum absolute atomic E-state index is 0.499. The van der Waals surface area contributed by atoms with E-state index in [9.17, 15) is 0 Å². The number of benzene rings is 10. The summed E-state index contributed by atoms with van der Waals surface area (Å²) < 4.78 is 0. The van der Waals surface area contributed by atoms with E-state index in [4.69, 9.17) is 19.9 Å². The Labute approximate surface area is 400 Å². The summed E-state index contributed by atoms with van der Waals surface area (Å²) in [6.07, 6.45) is 0. The van der Waals surface area contributed by atoms with Gasteiger partial charge in [0, 0.05) is 27.6 Å². The van der Waals surface area contributed by atoms with Crippen molar-refractivity contribution in [2.24, 2.45) is 0 Å². The monoisotopic (exact) mass is 876 g/mol. The number of fused-ring (bicyclic) bond motifs is 12. The predicted molar refractivity (Wildman–Crippen MR) is 282 cm³/mol. The summed E-state index contributed by atoms with van der Waals surface area (Å²) in [6, 6.07) is 87.0. The third-order valence-electron chi connectivity index (χ3n) is 14.3. The highest BCUT2D eigenvalue weighted by Crippen LogP contribution is 2.63. The standard InChI is InChI=1S/C65H40N4/c1-4-19-41(20-5-1)46-35-36-52(48-28-11-10-27-47(46)48)60-39-53(44-25-18-26-45(37-44)64-68-62(42-21-6-2-7-22-42)67-63(69-64)43-23-8-3-9-24-43)55-38-54-51-31-14-17-34-58(51)65(59(54)40-61(55)66-60)56-32-15-12-29-49(56)50-30-13-16-33-57(50)65/h1-40H. The molecule has 10 aromatic carbocycles. The average molecular weight is 877 g/mol. The zero-order valence-corrected chi connectivity index (χ0v) is 37.4. The largest absolute Gasteiger partial charge is 0.248 e. The quantitative estimate of drug-likeness (QED) is 0.167. The highest BCUT2D eigenvalue weighted by Gasteiger charge is 2.51. The minimum atomic E-state index is -0.499. The van der Waals surface area contributed by atoms with E-state index in [0.29, 0.717) is 17.5 Å². The van der Waals surface area contributed by atoms with Gasteiger partial charge in [0.15, 0.2) is 17.5 Å². The summed E-state index contributed by atoms with van der Waals surface area (Å²) >= 11 is 0. The molecule has 0 atom stereocenters. The second kappa shape index (κ2) is 15.5. The molecule has 0 bridgehead atoms. The Morgan fingerprint density at radius 1 is 0.232 bits per heavy atom. The Balaban J connectivity index is 1.04. The van der Waals surface area contributed by atoms with Gasteiger partial charge in [0.2, 0.25) is 0 Å². The van der Waals surface area contributed by atoms with Crippen molar-refractivity contribution in [1.82, 2.24) is 19.9 Å². The first-order valence-corrected chi connectivity index (χ1v) is 23.5. The lowest BCUT2D eigenvalue weighted by atomic mass is 9.70. The summed E-state index contributed by atoms with van der Waals surface area (Å²) in [4.78, 5) is 21.0. The normalized spacial score (nSPS) is 12.8. The maximum Gasteiger partial charge on any atom is 0.164 e. The molecule has 4 nitrogen and oxygen atoms in total. The van der Waals surface area contributed by atoms with Crippen molar-refractivity contribution < 1.29 is 0 Å². The van der Waals surface area contributed by atoms with E-state index in [2.05, 4.69) is 206 Å². The van der Waals surface area contributed by atoms with Gasteiger partial charge in [-0.05, 0) is 102 Å². The van der Waals surface area contributed by atoms with Crippen molar-refractivity contribution in [3.8, 4) is 89.9 Å². The van der Waals surface area contributed by atoms with Gasteiger partial charge < -0.3 is 0 Å². The Morgan fingerprint density at radius 3 is 1.28 bits per heavy atom. The second-order valence-corrected chi connectivity index (χ2v) is 18.0. The van der Waals surface area contributed by atoms with Gasteiger partial charge in [0.1, 0.15) is 0 Å². The van der Waals surface area contributed by atoms with Gasteiger partial charge >= 0.3 is 0 Å². The minimum Gasteiger partial charge on any atom is -0.248 e. The van der Waals surface area contributed by atoms with Crippen molar-refractivity contribution in [3.63, 3.8) is 0 Å². The molecule has 0 fully saturated rings. The zero-order chi connectivity index (χ0) is 45.5. The van der Waals surface area contributed by atoms with Crippen LogP contribution in [0.2, 0.25) is 0 Å². The number of hydrogen-bond acceptors (Lipinski definition) is 4. The first kappa shape index (κ1) is 39.1. The maximum atomic E-state index is 5.73. The first-order chi connectivity index (χ1) is 34.2. The van der Waals surface area contributed by atoms with Crippen molar-refractivity contribution in [3.05, 3.63) is 265 Å². The van der Waals surface area contributed by atoms with Crippen molar-refractivity contribution in [2.45, 2.75) is 5.41 Å². The predicted octanol–water partition coefficient (Wildman–Crippen LogP) is 15.9. The van der Waals surface area contributed by atoms with Crippen LogP contribution in [-0.4, -0.2) is 19.9 Å². The third-order valence-corrected chi connectivity index (χ3v) is 14.3. The molecule has 1 spiro atoms. The van der Waals surface area contributed by atoms with Crippen molar-refractivity contribution in [1.29, 1.82) is 0 Å². The molecule has 0 N–H and O–H groups in total. The molecule has 4 heteroatoms. The number of nitrogens with zero attached hydrogens (tertiary/aromatic N) is 4. The van der Waals surface area contributed by atoms with Crippen LogP contribution in [0.4, 0.5) is 0 Å². The molecule has 12 aromatic rings. The third kappa shape index (κ3) is 6.02. The molecule has 2 heterocycles. The molecule has 0 saturated carbocycles. The molecule has 0 amide bonds. The molecule has 0 saturated heterocycles. The topological polar surface area (TPSA) is 51.6 Å². The molecule has 69 heavy (non-hydrogen) atoms. The van der Waals surface area contributed by atoms with Crippen LogP contribution in [0.3, 0.4) is 0 Å². The Morgan fingerprint density at radius 2 is 0.681 bits per heavy atom. The molecule has 2 aliphatic carbocycles. The SMILES string of the molecule is c1ccc(-c2nc(-c3ccccc3)nc(-c3cccc(-c4cc(-c5ccc(-c6ccccc6)c6ccccc56)nc5cc6c(cc45)-c4ccccc4C64c5ccccc5-c5ccccc54)c3)n2)cc1. The number of aromatic nitrogens is 4. The molecule has 2 aromatic heterocycles. The molecule has 0 aliphatic heterocycles. The second-order valence-electron chi connectivity index (χ2n) is 18.0. The lowest BCUT2D eigenvalue weighted by Gasteiger charge is -2.30. The molecular formula is C65H40N4. The smallest absolute Gasteiger partial charge is 0.164 e. The molecule has 0 unspecified atom stereocenters. The lowest BCUT2D eigenvalue weighted by Crippen LogP contribution is -2.25. The fraction of sp³-hybridized carbons (Fsp3) is 0.0154. The fourth-order valence-electron chi connectivity index (χ4n) is 11.3. The molecule has 14 rings (SSSR count). The van der Waals surface area contributed by atoms with Gasteiger partial charge in [0.25, 0.3) is 0 Å². The highest BCUT2D eigenvalue weighted by molar-refractivity contribution is 6.08.